The van der Waals surface area contributed by atoms with E-state index in [1.165, 1.54) is 21.8 Å². The van der Waals surface area contributed by atoms with Gasteiger partial charge in [0.25, 0.3) is 0 Å². The molecule has 32 heavy (non-hydrogen) atoms. The quantitative estimate of drug-likeness (QED) is 0.470. The molecular weight excluding hydrogens is 396 g/mol. The van der Waals surface area contributed by atoms with E-state index in [9.17, 15) is 0 Å². The highest BCUT2D eigenvalue weighted by Gasteiger charge is 2.26. The van der Waals surface area contributed by atoms with Gasteiger partial charge in [-0.15, -0.1) is 0 Å². The number of rotatable bonds is 4. The van der Waals surface area contributed by atoms with Gasteiger partial charge in [0, 0.05) is 37.0 Å². The van der Waals surface area contributed by atoms with Gasteiger partial charge in [0.2, 0.25) is 0 Å². The van der Waals surface area contributed by atoms with Crippen LogP contribution in [-0.2, 0) is 0 Å². The fourth-order valence-corrected chi connectivity index (χ4v) is 5.21. The molecule has 2 aliphatic heterocycles. The van der Waals surface area contributed by atoms with Crippen molar-refractivity contribution in [2.24, 2.45) is 0 Å². The van der Waals surface area contributed by atoms with Gasteiger partial charge in [-0.1, -0.05) is 48.2 Å². The third kappa shape index (κ3) is 3.68. The third-order valence-electron chi connectivity index (χ3n) is 6.93. The van der Waals surface area contributed by atoms with Gasteiger partial charge in [-0.2, -0.15) is 10.2 Å². The van der Waals surface area contributed by atoms with Crippen molar-refractivity contribution in [2.75, 3.05) is 39.3 Å². The minimum Gasteiger partial charge on any atom is -0.290 e. The van der Waals surface area contributed by atoms with Gasteiger partial charge in [0.1, 0.15) is 0 Å². The molecule has 2 fully saturated rings. The van der Waals surface area contributed by atoms with Crippen LogP contribution in [0.2, 0.25) is 0 Å². The van der Waals surface area contributed by atoms with E-state index in [-0.39, 0.29) is 0 Å². The maximum absolute atomic E-state index is 4.65. The Morgan fingerprint density at radius 1 is 0.688 bits per heavy atom. The average molecular weight is 425 g/mol. The summed E-state index contributed by atoms with van der Waals surface area (Å²) in [6.07, 6.45) is 6.23. The SMILES string of the molecule is C(#CCN1CCC(n2ncc3ccccc32)C1)CN1CCC(n2ncc3ccccc32)C1. The van der Waals surface area contributed by atoms with Crippen LogP contribution in [0.4, 0.5) is 0 Å². The smallest absolute Gasteiger partial charge is 0.0686 e. The topological polar surface area (TPSA) is 42.1 Å². The molecule has 2 saturated heterocycles. The summed E-state index contributed by atoms with van der Waals surface area (Å²) in [4.78, 5) is 4.91. The summed E-state index contributed by atoms with van der Waals surface area (Å²) < 4.78 is 4.40. The predicted molar refractivity (Wildman–Crippen MR) is 127 cm³/mol. The molecule has 2 aliphatic rings. The van der Waals surface area contributed by atoms with E-state index in [2.05, 4.69) is 89.7 Å². The Hall–Kier alpha value is -3.14. The maximum Gasteiger partial charge on any atom is 0.0686 e. The molecule has 0 aliphatic carbocycles. The normalized spacial score (nSPS) is 22.0. The molecule has 162 valence electrons. The molecule has 0 saturated carbocycles. The van der Waals surface area contributed by atoms with E-state index in [0.717, 1.165) is 52.1 Å². The molecule has 2 atom stereocenters. The number of nitrogens with zero attached hydrogens (tertiary/aromatic N) is 6. The van der Waals surface area contributed by atoms with Crippen molar-refractivity contribution >= 4 is 21.8 Å². The van der Waals surface area contributed by atoms with Crippen LogP contribution in [0.1, 0.15) is 24.9 Å². The second-order valence-corrected chi connectivity index (χ2v) is 9.00. The van der Waals surface area contributed by atoms with Gasteiger partial charge in [-0.25, -0.2) is 0 Å². The van der Waals surface area contributed by atoms with E-state index in [1.807, 2.05) is 12.4 Å². The lowest BCUT2D eigenvalue weighted by atomic mass is 10.2. The lowest BCUT2D eigenvalue weighted by molar-refractivity contribution is 0.353. The Morgan fingerprint density at radius 3 is 1.66 bits per heavy atom. The lowest BCUT2D eigenvalue weighted by Gasteiger charge is -2.15. The molecule has 0 spiro atoms. The lowest BCUT2D eigenvalue weighted by Crippen LogP contribution is -2.24. The first kappa shape index (κ1) is 19.5. The second kappa shape index (κ2) is 8.42. The van der Waals surface area contributed by atoms with Crippen molar-refractivity contribution in [1.29, 1.82) is 0 Å². The van der Waals surface area contributed by atoms with Gasteiger partial charge in [0.05, 0.1) is 48.6 Å². The molecule has 2 aromatic carbocycles. The summed E-state index contributed by atoms with van der Waals surface area (Å²) in [5.74, 6) is 6.84. The molecule has 0 N–H and O–H groups in total. The zero-order chi connectivity index (χ0) is 21.3. The number of benzene rings is 2. The van der Waals surface area contributed by atoms with Crippen molar-refractivity contribution in [1.82, 2.24) is 29.4 Å². The van der Waals surface area contributed by atoms with Crippen molar-refractivity contribution in [2.45, 2.75) is 24.9 Å². The fourth-order valence-electron chi connectivity index (χ4n) is 5.21. The van der Waals surface area contributed by atoms with E-state index in [4.69, 9.17) is 0 Å². The van der Waals surface area contributed by atoms with E-state index < -0.39 is 0 Å². The van der Waals surface area contributed by atoms with Crippen molar-refractivity contribution < 1.29 is 0 Å². The number of hydrogen-bond donors (Lipinski definition) is 0. The largest absolute Gasteiger partial charge is 0.290 e. The molecular formula is C26H28N6. The molecule has 6 heteroatoms. The highest BCUT2D eigenvalue weighted by Crippen LogP contribution is 2.26. The molecule has 2 aromatic heterocycles. The van der Waals surface area contributed by atoms with Crippen LogP contribution < -0.4 is 0 Å². The monoisotopic (exact) mass is 424 g/mol. The van der Waals surface area contributed by atoms with E-state index in [0.29, 0.717) is 12.1 Å². The molecule has 2 unspecified atom stereocenters. The Bertz CT molecular complexity index is 1190. The number of hydrogen-bond acceptors (Lipinski definition) is 4. The van der Waals surface area contributed by atoms with Crippen molar-refractivity contribution in [3.63, 3.8) is 0 Å². The zero-order valence-electron chi connectivity index (χ0n) is 18.3. The minimum atomic E-state index is 0.444. The van der Waals surface area contributed by atoms with Crippen molar-refractivity contribution in [3.8, 4) is 11.8 Å². The molecule has 6 rings (SSSR count). The van der Waals surface area contributed by atoms with Gasteiger partial charge >= 0.3 is 0 Å². The summed E-state index contributed by atoms with van der Waals surface area (Å²) in [7, 11) is 0. The fraction of sp³-hybridized carbons (Fsp3) is 0.385. The maximum atomic E-state index is 4.65. The third-order valence-corrected chi connectivity index (χ3v) is 6.93. The molecule has 0 amide bonds. The Morgan fingerprint density at radius 2 is 1.16 bits per heavy atom. The summed E-state index contributed by atoms with van der Waals surface area (Å²) in [6, 6.07) is 17.8. The molecule has 0 radical (unpaired) electrons. The van der Waals surface area contributed by atoms with Gasteiger partial charge in [0.15, 0.2) is 0 Å². The molecule has 4 heterocycles. The Kier molecular flexibility index (Phi) is 5.14. The minimum absolute atomic E-state index is 0.444. The van der Waals surface area contributed by atoms with Crippen LogP contribution in [0.5, 0.6) is 0 Å². The first-order valence-electron chi connectivity index (χ1n) is 11.6. The molecule has 0 bridgehead atoms. The highest BCUT2D eigenvalue weighted by atomic mass is 15.3. The van der Waals surface area contributed by atoms with Crippen LogP contribution in [0, 0.1) is 11.8 Å². The van der Waals surface area contributed by atoms with E-state index >= 15 is 0 Å². The van der Waals surface area contributed by atoms with Crippen LogP contribution >= 0.6 is 0 Å². The molecule has 6 nitrogen and oxygen atoms in total. The number of likely N-dealkylation sites (tertiary alicyclic amines) is 2. The van der Waals surface area contributed by atoms with Crippen LogP contribution in [0.25, 0.3) is 21.8 Å². The van der Waals surface area contributed by atoms with Crippen LogP contribution in [0.3, 0.4) is 0 Å². The summed E-state index contributed by atoms with van der Waals surface area (Å²) in [6.45, 7) is 5.92. The predicted octanol–water partition coefficient (Wildman–Crippen LogP) is 3.58. The zero-order valence-corrected chi connectivity index (χ0v) is 18.3. The highest BCUT2D eigenvalue weighted by molar-refractivity contribution is 5.79. The Balaban J connectivity index is 1.01. The molecule has 4 aromatic rings. The van der Waals surface area contributed by atoms with Gasteiger partial charge < -0.3 is 0 Å². The number of fused-ring (bicyclic) bond motifs is 2. The van der Waals surface area contributed by atoms with Crippen molar-refractivity contribution in [3.05, 3.63) is 60.9 Å². The average Bonchev–Trinajstić information content (AvgIpc) is 3.62. The van der Waals surface area contributed by atoms with Gasteiger partial charge in [-0.05, 0) is 25.0 Å². The summed E-state index contributed by atoms with van der Waals surface area (Å²) in [5, 5.41) is 11.7. The standard InChI is InChI=1S/C26H28N6/c1-3-9-25-21(7-1)17-27-31(25)23-11-15-29(19-23)13-5-6-14-30-16-12-24(20-30)32-26-10-4-2-8-22(26)18-28-32/h1-4,7-10,17-18,23-24H,11-16,19-20H2. The Labute approximate surface area is 188 Å². The summed E-state index contributed by atoms with van der Waals surface area (Å²) >= 11 is 0. The van der Waals surface area contributed by atoms with Crippen LogP contribution in [-0.4, -0.2) is 68.6 Å². The second-order valence-electron chi connectivity index (χ2n) is 9.00. The number of aromatic nitrogens is 4. The number of para-hydroxylation sites is 2. The first-order valence-corrected chi connectivity index (χ1v) is 11.6. The first-order chi connectivity index (χ1) is 15.8. The summed E-state index contributed by atoms with van der Waals surface area (Å²) in [5.41, 5.74) is 2.47. The van der Waals surface area contributed by atoms with Crippen LogP contribution in [0.15, 0.2) is 60.9 Å². The van der Waals surface area contributed by atoms with Gasteiger partial charge in [-0.3, -0.25) is 19.2 Å². The van der Waals surface area contributed by atoms with E-state index in [1.54, 1.807) is 0 Å².